The van der Waals surface area contributed by atoms with Gasteiger partial charge in [-0.25, -0.2) is 9.97 Å². The maximum atomic E-state index is 12.6. The van der Waals surface area contributed by atoms with Crippen LogP contribution in [0.4, 0.5) is 23.1 Å². The van der Waals surface area contributed by atoms with Crippen molar-refractivity contribution < 1.29 is 9.30 Å². The number of hydrogen-bond acceptors (Lipinski definition) is 8. The first-order valence-corrected chi connectivity index (χ1v) is 12.8. The van der Waals surface area contributed by atoms with Gasteiger partial charge in [0, 0.05) is 17.4 Å². The average molecular weight is 461 g/mol. The van der Waals surface area contributed by atoms with Crippen LogP contribution in [0.3, 0.4) is 0 Å². The summed E-state index contributed by atoms with van der Waals surface area (Å²) in [7, 11) is -2.50. The molecule has 0 saturated carbocycles. The van der Waals surface area contributed by atoms with Gasteiger partial charge in [0.25, 0.3) is 0 Å². The van der Waals surface area contributed by atoms with Crippen LogP contribution in [0.25, 0.3) is 0 Å². The smallest absolute Gasteiger partial charge is 0.238 e. The minimum absolute atomic E-state index is 0.315. The van der Waals surface area contributed by atoms with E-state index in [9.17, 15) is 4.57 Å². The molecule has 2 aromatic heterocycles. The zero-order valence-corrected chi connectivity index (χ0v) is 19.4. The van der Waals surface area contributed by atoms with E-state index in [0.29, 0.717) is 53.6 Å². The predicted octanol–water partition coefficient (Wildman–Crippen LogP) is 4.16. The molecule has 0 aliphatic heterocycles. The molecule has 164 valence electrons. The second-order valence-corrected chi connectivity index (χ2v) is 10.7. The van der Waals surface area contributed by atoms with Crippen LogP contribution >= 0.6 is 18.7 Å². The lowest BCUT2D eigenvalue weighted by Crippen LogP contribution is -2.11. The first kappa shape index (κ1) is 23.0. The van der Waals surface area contributed by atoms with Gasteiger partial charge in [-0.1, -0.05) is 23.7 Å². The lowest BCUT2D eigenvalue weighted by atomic mass is 10.2. The van der Waals surface area contributed by atoms with E-state index in [1.807, 2.05) is 43.3 Å². The zero-order chi connectivity index (χ0) is 22.4. The van der Waals surface area contributed by atoms with Crippen molar-refractivity contribution in [1.29, 1.82) is 0 Å². The van der Waals surface area contributed by atoms with E-state index in [1.54, 1.807) is 13.3 Å². The highest BCUT2D eigenvalue weighted by molar-refractivity contribution is 7.70. The number of anilines is 4. The molecule has 0 saturated heterocycles. The molecule has 0 unspecified atom stereocenters. The van der Waals surface area contributed by atoms with Crippen LogP contribution in [0.15, 0.2) is 42.6 Å². The summed E-state index contributed by atoms with van der Waals surface area (Å²) in [6.45, 7) is 6.30. The number of hydrogen-bond donors (Lipinski definition) is 3. The summed E-state index contributed by atoms with van der Waals surface area (Å²) in [6.07, 6.45) is 2.15. The minimum atomic E-state index is -2.50. The van der Waals surface area contributed by atoms with Gasteiger partial charge in [0.15, 0.2) is 5.82 Å². The van der Waals surface area contributed by atoms with Crippen molar-refractivity contribution in [1.82, 2.24) is 15.0 Å². The number of ether oxygens (including phenoxy) is 1. The van der Waals surface area contributed by atoms with Gasteiger partial charge in [-0.3, -0.25) is 0 Å². The molecular formula is C21H26ClN6O2P. The number of nitrogens with two attached hydrogens (primary N) is 1. The van der Waals surface area contributed by atoms with Crippen molar-refractivity contribution in [2.24, 2.45) is 5.73 Å². The van der Waals surface area contributed by atoms with E-state index >= 15 is 0 Å². The van der Waals surface area contributed by atoms with Gasteiger partial charge >= 0.3 is 0 Å². The summed E-state index contributed by atoms with van der Waals surface area (Å²) in [4.78, 5) is 13.2. The molecule has 31 heavy (non-hydrogen) atoms. The maximum Gasteiger partial charge on any atom is 0.238 e. The highest BCUT2D eigenvalue weighted by Gasteiger charge is 2.17. The summed E-state index contributed by atoms with van der Waals surface area (Å²) in [5.41, 5.74) is 7.78. The molecular weight excluding hydrogens is 435 g/mol. The van der Waals surface area contributed by atoms with Crippen molar-refractivity contribution in [2.45, 2.75) is 13.3 Å². The standard InChI is InChI=1S/C21H26ClN6O2P/c1-4-30-20-17(10-9-14(25-20)11-12-23)27-21-24-13-15(22)19(28-21)26-16-7-5-6-8-18(16)31(2,3)29/h5-10,13H,4,11-12,23H2,1-3H3,(H2,24,26,27,28). The third-order valence-corrected chi connectivity index (χ3v) is 6.15. The molecule has 0 atom stereocenters. The Labute approximate surface area is 187 Å². The second kappa shape index (κ2) is 10.1. The van der Waals surface area contributed by atoms with Gasteiger partial charge in [-0.05, 0) is 51.1 Å². The number of halogens is 1. The van der Waals surface area contributed by atoms with Crippen molar-refractivity contribution in [3.8, 4) is 5.88 Å². The summed E-state index contributed by atoms with van der Waals surface area (Å²) >= 11 is 6.32. The lowest BCUT2D eigenvalue weighted by molar-refractivity contribution is 0.327. The molecule has 3 rings (SSSR count). The third-order valence-electron chi connectivity index (χ3n) is 4.33. The van der Waals surface area contributed by atoms with Crippen molar-refractivity contribution in [3.63, 3.8) is 0 Å². The molecule has 0 bridgehead atoms. The number of pyridine rings is 1. The molecule has 8 nitrogen and oxygen atoms in total. The Balaban J connectivity index is 1.90. The van der Waals surface area contributed by atoms with E-state index in [4.69, 9.17) is 22.1 Å². The highest BCUT2D eigenvalue weighted by atomic mass is 35.5. The van der Waals surface area contributed by atoms with Gasteiger partial charge in [0.2, 0.25) is 11.8 Å². The van der Waals surface area contributed by atoms with Crippen LogP contribution in [0.1, 0.15) is 12.6 Å². The third kappa shape index (κ3) is 5.94. The zero-order valence-electron chi connectivity index (χ0n) is 17.7. The predicted molar refractivity (Wildman–Crippen MR) is 127 cm³/mol. The molecule has 0 radical (unpaired) electrons. The summed E-state index contributed by atoms with van der Waals surface area (Å²) < 4.78 is 18.3. The Bertz CT molecular complexity index is 1100. The van der Waals surface area contributed by atoms with Crippen LogP contribution in [-0.4, -0.2) is 41.4 Å². The molecule has 3 aromatic rings. The number of rotatable bonds is 9. The Morgan fingerprint density at radius 1 is 1.10 bits per heavy atom. The van der Waals surface area contributed by atoms with Gasteiger partial charge in [-0.15, -0.1) is 0 Å². The fourth-order valence-electron chi connectivity index (χ4n) is 2.92. The Morgan fingerprint density at radius 3 is 2.58 bits per heavy atom. The molecule has 10 heteroatoms. The van der Waals surface area contributed by atoms with Crippen molar-refractivity contribution in [2.75, 3.05) is 37.1 Å². The average Bonchev–Trinajstić information content (AvgIpc) is 2.72. The summed E-state index contributed by atoms with van der Waals surface area (Å²) in [6, 6.07) is 11.1. The monoisotopic (exact) mass is 460 g/mol. The van der Waals surface area contributed by atoms with Crippen LogP contribution in [0.5, 0.6) is 5.88 Å². The van der Waals surface area contributed by atoms with Gasteiger partial charge in [0.05, 0.1) is 18.5 Å². The minimum Gasteiger partial charge on any atom is -0.476 e. The lowest BCUT2D eigenvalue weighted by Gasteiger charge is -2.16. The highest BCUT2D eigenvalue weighted by Crippen LogP contribution is 2.38. The molecule has 0 aliphatic carbocycles. The van der Waals surface area contributed by atoms with Gasteiger partial charge in [0.1, 0.15) is 17.9 Å². The van der Waals surface area contributed by atoms with Crippen LogP contribution in [0, 0.1) is 0 Å². The second-order valence-electron chi connectivity index (χ2n) is 7.14. The van der Waals surface area contributed by atoms with Crippen molar-refractivity contribution >= 4 is 47.2 Å². The molecule has 0 aliphatic rings. The van der Waals surface area contributed by atoms with E-state index in [0.717, 1.165) is 11.0 Å². The van der Waals surface area contributed by atoms with E-state index in [1.165, 1.54) is 6.20 Å². The number of nitrogens with one attached hydrogen (secondary N) is 2. The van der Waals surface area contributed by atoms with E-state index in [2.05, 4.69) is 25.6 Å². The Hall–Kier alpha value is -2.67. The van der Waals surface area contributed by atoms with Crippen LogP contribution in [-0.2, 0) is 11.0 Å². The van der Waals surface area contributed by atoms with Crippen molar-refractivity contribution in [3.05, 3.63) is 53.3 Å². The largest absolute Gasteiger partial charge is 0.476 e. The number of benzene rings is 1. The Kier molecular flexibility index (Phi) is 7.49. The normalized spacial score (nSPS) is 11.3. The molecule has 4 N–H and O–H groups in total. The summed E-state index contributed by atoms with van der Waals surface area (Å²) in [5, 5.41) is 7.37. The molecule has 2 heterocycles. The Morgan fingerprint density at radius 2 is 1.87 bits per heavy atom. The summed E-state index contributed by atoms with van der Waals surface area (Å²) in [5.74, 6) is 1.16. The molecule has 0 fully saturated rings. The molecule has 1 aromatic carbocycles. The molecule has 0 amide bonds. The quantitative estimate of drug-likeness (QED) is 0.408. The number of para-hydroxylation sites is 1. The SMILES string of the molecule is CCOc1nc(CCN)ccc1Nc1ncc(Cl)c(Nc2ccccc2P(C)(C)=O)n1. The topological polar surface area (TPSA) is 115 Å². The first-order chi connectivity index (χ1) is 14.8. The van der Waals surface area contributed by atoms with Crippen LogP contribution in [0.2, 0.25) is 5.02 Å². The number of nitrogens with zero attached hydrogens (tertiary/aromatic N) is 3. The number of aromatic nitrogens is 3. The van der Waals surface area contributed by atoms with Gasteiger partial charge < -0.3 is 25.7 Å². The van der Waals surface area contributed by atoms with Gasteiger partial charge in [-0.2, -0.15) is 4.98 Å². The fourth-order valence-corrected chi connectivity index (χ4v) is 4.21. The maximum absolute atomic E-state index is 12.6. The van der Waals surface area contributed by atoms with Crippen LogP contribution < -0.4 is 26.4 Å². The fraction of sp³-hybridized carbons (Fsp3) is 0.286. The van der Waals surface area contributed by atoms with E-state index < -0.39 is 7.14 Å². The molecule has 0 spiro atoms. The first-order valence-electron chi connectivity index (χ1n) is 9.85. The van der Waals surface area contributed by atoms with E-state index in [-0.39, 0.29) is 0 Å².